The van der Waals surface area contributed by atoms with E-state index in [-0.39, 0.29) is 30.3 Å². The second-order valence-corrected chi connectivity index (χ2v) is 5.29. The maximum atomic E-state index is 12.5. The lowest BCUT2D eigenvalue weighted by Gasteiger charge is -2.09. The standard InChI is InChI=1S/C20H22O6/c1-2-10-24-12-13-26-17-7-8-18(19(22)14-17)20(23)15-3-5-16(6-4-15)25-11-9-21/h2-8,10,14,21-22H,9,11-13H2,1H3. The molecule has 0 heterocycles. The van der Waals surface area contributed by atoms with Gasteiger partial charge in [0.2, 0.25) is 0 Å². The van der Waals surface area contributed by atoms with Crippen molar-refractivity contribution in [3.63, 3.8) is 0 Å². The van der Waals surface area contributed by atoms with Crippen molar-refractivity contribution < 1.29 is 29.2 Å². The van der Waals surface area contributed by atoms with Crippen molar-refractivity contribution in [3.05, 3.63) is 65.9 Å². The average molecular weight is 358 g/mol. The molecule has 0 aliphatic heterocycles. The molecule has 0 saturated carbocycles. The van der Waals surface area contributed by atoms with Gasteiger partial charge in [-0.2, -0.15) is 0 Å². The highest BCUT2D eigenvalue weighted by Crippen LogP contribution is 2.26. The molecule has 0 aliphatic carbocycles. The number of phenols is 1. The van der Waals surface area contributed by atoms with E-state index in [1.54, 1.807) is 42.7 Å². The van der Waals surface area contributed by atoms with Gasteiger partial charge in [-0.05, 0) is 43.3 Å². The van der Waals surface area contributed by atoms with Crippen molar-refractivity contribution in [1.82, 2.24) is 0 Å². The smallest absolute Gasteiger partial charge is 0.196 e. The van der Waals surface area contributed by atoms with Crippen LogP contribution in [0.15, 0.2) is 54.8 Å². The van der Waals surface area contributed by atoms with Crippen molar-refractivity contribution in [3.8, 4) is 17.2 Å². The van der Waals surface area contributed by atoms with E-state index < -0.39 is 0 Å². The third-order valence-electron chi connectivity index (χ3n) is 3.39. The number of carbonyl (C=O) groups excluding carboxylic acids is 1. The topological polar surface area (TPSA) is 85.2 Å². The molecule has 2 aromatic rings. The normalized spacial score (nSPS) is 10.7. The number of benzene rings is 2. The number of aromatic hydroxyl groups is 1. The second-order valence-electron chi connectivity index (χ2n) is 5.29. The summed E-state index contributed by atoms with van der Waals surface area (Å²) in [5, 5.41) is 18.9. The summed E-state index contributed by atoms with van der Waals surface area (Å²) in [5.41, 5.74) is 0.608. The summed E-state index contributed by atoms with van der Waals surface area (Å²) in [6.45, 7) is 2.67. The number of ether oxygens (including phenoxy) is 3. The molecule has 2 N–H and O–H groups in total. The fraction of sp³-hybridized carbons (Fsp3) is 0.250. The zero-order valence-electron chi connectivity index (χ0n) is 14.6. The first kappa shape index (κ1) is 19.3. The lowest BCUT2D eigenvalue weighted by atomic mass is 10.0. The van der Waals surface area contributed by atoms with E-state index in [0.717, 1.165) is 0 Å². The number of carbonyl (C=O) groups is 1. The Morgan fingerprint density at radius 1 is 1.00 bits per heavy atom. The lowest BCUT2D eigenvalue weighted by Crippen LogP contribution is -2.05. The van der Waals surface area contributed by atoms with Gasteiger partial charge in [0.1, 0.15) is 37.1 Å². The van der Waals surface area contributed by atoms with Gasteiger partial charge in [-0.15, -0.1) is 0 Å². The molecule has 0 amide bonds. The Morgan fingerprint density at radius 3 is 2.35 bits per heavy atom. The summed E-state index contributed by atoms with van der Waals surface area (Å²) in [7, 11) is 0. The molecule has 0 aliphatic rings. The number of allylic oxidation sites excluding steroid dienone is 1. The van der Waals surface area contributed by atoms with Gasteiger partial charge in [0, 0.05) is 11.6 Å². The first-order chi connectivity index (χ1) is 12.7. The van der Waals surface area contributed by atoms with Gasteiger partial charge in [0.15, 0.2) is 5.78 Å². The summed E-state index contributed by atoms with van der Waals surface area (Å²) >= 11 is 0. The molecule has 138 valence electrons. The Labute approximate surface area is 152 Å². The molecule has 0 spiro atoms. The summed E-state index contributed by atoms with van der Waals surface area (Å²) in [5.74, 6) is 0.557. The zero-order chi connectivity index (χ0) is 18.8. The maximum Gasteiger partial charge on any atom is 0.196 e. The van der Waals surface area contributed by atoms with Gasteiger partial charge in [-0.25, -0.2) is 0 Å². The quantitative estimate of drug-likeness (QED) is 0.386. The molecule has 6 heteroatoms. The number of phenolic OH excluding ortho intramolecular Hbond substituents is 1. The maximum absolute atomic E-state index is 12.5. The molecule has 0 saturated heterocycles. The van der Waals surface area contributed by atoms with Crippen LogP contribution >= 0.6 is 0 Å². The van der Waals surface area contributed by atoms with Crippen LogP contribution in [-0.2, 0) is 4.74 Å². The monoisotopic (exact) mass is 358 g/mol. The number of aliphatic hydroxyl groups excluding tert-OH is 1. The number of rotatable bonds is 10. The predicted molar refractivity (Wildman–Crippen MR) is 96.8 cm³/mol. The molecule has 0 unspecified atom stereocenters. The van der Waals surface area contributed by atoms with Crippen molar-refractivity contribution in [1.29, 1.82) is 0 Å². The summed E-state index contributed by atoms with van der Waals surface area (Å²) in [4.78, 5) is 12.5. The van der Waals surface area contributed by atoms with E-state index in [1.165, 1.54) is 12.1 Å². The Morgan fingerprint density at radius 2 is 1.69 bits per heavy atom. The number of hydrogen-bond acceptors (Lipinski definition) is 6. The molecule has 0 bridgehead atoms. The Bertz CT molecular complexity index is 736. The molecule has 0 atom stereocenters. The lowest BCUT2D eigenvalue weighted by molar-refractivity contribution is 0.103. The largest absolute Gasteiger partial charge is 0.507 e. The highest BCUT2D eigenvalue weighted by Gasteiger charge is 2.14. The van der Waals surface area contributed by atoms with Crippen LogP contribution in [0.5, 0.6) is 17.2 Å². The van der Waals surface area contributed by atoms with Gasteiger partial charge in [-0.1, -0.05) is 6.08 Å². The van der Waals surface area contributed by atoms with Crippen LogP contribution in [-0.4, -0.2) is 42.4 Å². The van der Waals surface area contributed by atoms with E-state index in [9.17, 15) is 9.90 Å². The van der Waals surface area contributed by atoms with E-state index in [0.29, 0.717) is 30.3 Å². The van der Waals surface area contributed by atoms with Crippen molar-refractivity contribution in [2.45, 2.75) is 6.92 Å². The van der Waals surface area contributed by atoms with Gasteiger partial charge in [0.05, 0.1) is 18.4 Å². The van der Waals surface area contributed by atoms with Crippen LogP contribution in [0.3, 0.4) is 0 Å². The third-order valence-corrected chi connectivity index (χ3v) is 3.39. The highest BCUT2D eigenvalue weighted by atomic mass is 16.5. The van der Waals surface area contributed by atoms with E-state index in [2.05, 4.69) is 0 Å². The molecule has 2 aromatic carbocycles. The molecule has 6 nitrogen and oxygen atoms in total. The molecule has 0 radical (unpaired) electrons. The highest BCUT2D eigenvalue weighted by molar-refractivity contribution is 6.10. The average Bonchev–Trinajstić information content (AvgIpc) is 2.66. The molecule has 26 heavy (non-hydrogen) atoms. The molecular weight excluding hydrogens is 336 g/mol. The van der Waals surface area contributed by atoms with Crippen molar-refractivity contribution >= 4 is 5.78 Å². The first-order valence-electron chi connectivity index (χ1n) is 8.22. The molecular formula is C20H22O6. The second kappa shape index (κ2) is 10.1. The summed E-state index contributed by atoms with van der Waals surface area (Å²) < 4.78 is 15.9. The summed E-state index contributed by atoms with van der Waals surface area (Å²) in [6.07, 6.45) is 3.35. The van der Waals surface area contributed by atoms with E-state index >= 15 is 0 Å². The van der Waals surface area contributed by atoms with Crippen LogP contribution in [0.2, 0.25) is 0 Å². The third kappa shape index (κ3) is 5.53. The minimum atomic E-state index is -0.306. The van der Waals surface area contributed by atoms with Crippen LogP contribution in [0.1, 0.15) is 22.8 Å². The SMILES string of the molecule is CC=COCCOc1ccc(C(=O)c2ccc(OCCO)cc2)c(O)c1. The van der Waals surface area contributed by atoms with E-state index in [1.807, 2.05) is 6.92 Å². The Kier molecular flexibility index (Phi) is 7.51. The fourth-order valence-electron chi connectivity index (χ4n) is 2.19. The molecule has 0 aromatic heterocycles. The van der Waals surface area contributed by atoms with Gasteiger partial charge in [0.25, 0.3) is 0 Å². The van der Waals surface area contributed by atoms with Crippen LogP contribution in [0.25, 0.3) is 0 Å². The minimum absolute atomic E-state index is 0.0790. The number of aliphatic hydroxyl groups is 1. The molecule has 2 rings (SSSR count). The summed E-state index contributed by atoms with van der Waals surface area (Å²) in [6, 6.07) is 11.1. The zero-order valence-corrected chi connectivity index (χ0v) is 14.6. The van der Waals surface area contributed by atoms with Gasteiger partial charge in [-0.3, -0.25) is 4.79 Å². The van der Waals surface area contributed by atoms with Crippen molar-refractivity contribution in [2.75, 3.05) is 26.4 Å². The van der Waals surface area contributed by atoms with E-state index in [4.69, 9.17) is 19.3 Å². The van der Waals surface area contributed by atoms with Crippen LogP contribution in [0.4, 0.5) is 0 Å². The Hall–Kier alpha value is -2.99. The minimum Gasteiger partial charge on any atom is -0.507 e. The van der Waals surface area contributed by atoms with Crippen molar-refractivity contribution in [2.24, 2.45) is 0 Å². The van der Waals surface area contributed by atoms with Gasteiger partial charge < -0.3 is 24.4 Å². The predicted octanol–water partition coefficient (Wildman–Crippen LogP) is 2.92. The fourth-order valence-corrected chi connectivity index (χ4v) is 2.19. The van der Waals surface area contributed by atoms with Crippen LogP contribution < -0.4 is 9.47 Å². The number of ketones is 1. The molecule has 0 fully saturated rings. The Balaban J connectivity index is 2.00. The number of hydrogen-bond donors (Lipinski definition) is 2. The van der Waals surface area contributed by atoms with Gasteiger partial charge >= 0.3 is 0 Å². The van der Waals surface area contributed by atoms with Crippen LogP contribution in [0, 0.1) is 0 Å². The first-order valence-corrected chi connectivity index (χ1v) is 8.22.